The van der Waals surface area contributed by atoms with Gasteiger partial charge in [-0.3, -0.25) is 0 Å². The number of esters is 1. The van der Waals surface area contributed by atoms with Crippen molar-refractivity contribution >= 4 is 17.7 Å². The number of anilines is 1. The highest BCUT2D eigenvalue weighted by atomic mass is 16.5. The summed E-state index contributed by atoms with van der Waals surface area (Å²) in [6, 6.07) is 17.1. The van der Waals surface area contributed by atoms with Crippen molar-refractivity contribution in [3.63, 3.8) is 0 Å². The molecule has 0 saturated heterocycles. The van der Waals surface area contributed by atoms with E-state index in [1.807, 2.05) is 42.5 Å². The van der Waals surface area contributed by atoms with Crippen molar-refractivity contribution in [1.29, 1.82) is 0 Å². The van der Waals surface area contributed by atoms with E-state index in [0.717, 1.165) is 24.1 Å². The van der Waals surface area contributed by atoms with E-state index in [0.29, 0.717) is 5.56 Å². The summed E-state index contributed by atoms with van der Waals surface area (Å²) in [7, 11) is 1.36. The highest BCUT2D eigenvalue weighted by Gasteiger charge is 2.30. The average Bonchev–Trinajstić information content (AvgIpc) is 2.65. The number of nitrogens with one attached hydrogen (secondary N) is 2. The molecule has 1 aliphatic carbocycles. The molecular formula is C20H22N2O4. The van der Waals surface area contributed by atoms with E-state index in [1.165, 1.54) is 7.11 Å². The zero-order valence-corrected chi connectivity index (χ0v) is 14.6. The van der Waals surface area contributed by atoms with E-state index in [9.17, 15) is 9.59 Å². The fraction of sp³-hybridized carbons (Fsp3) is 0.300. The summed E-state index contributed by atoms with van der Waals surface area (Å²) in [5.74, 6) is -0.358. The van der Waals surface area contributed by atoms with Crippen LogP contribution in [0, 0.1) is 0 Å². The molecule has 26 heavy (non-hydrogen) atoms. The van der Waals surface area contributed by atoms with Crippen molar-refractivity contribution in [3.8, 4) is 0 Å². The Labute approximate surface area is 152 Å². The molecule has 2 N–H and O–H groups in total. The van der Waals surface area contributed by atoms with Crippen molar-refractivity contribution in [2.24, 2.45) is 0 Å². The van der Waals surface area contributed by atoms with Gasteiger partial charge in [-0.05, 0) is 36.6 Å². The SMILES string of the molecule is COC(=O)c1cccc(NC2CC(NC(=O)OCc3ccccc3)C2)c1. The van der Waals surface area contributed by atoms with Crippen molar-refractivity contribution in [1.82, 2.24) is 5.32 Å². The number of carbonyl (C=O) groups excluding carboxylic acids is 2. The lowest BCUT2D eigenvalue weighted by atomic mass is 9.86. The zero-order valence-electron chi connectivity index (χ0n) is 14.6. The predicted molar refractivity (Wildman–Crippen MR) is 98.0 cm³/mol. The number of benzene rings is 2. The molecule has 1 aliphatic rings. The van der Waals surface area contributed by atoms with Crippen molar-refractivity contribution < 1.29 is 19.1 Å². The van der Waals surface area contributed by atoms with E-state index in [2.05, 4.69) is 10.6 Å². The molecule has 2 aromatic rings. The summed E-state index contributed by atoms with van der Waals surface area (Å²) in [5.41, 5.74) is 2.33. The predicted octanol–water partition coefficient (Wildman–Crippen LogP) is 3.34. The second kappa shape index (κ2) is 8.38. The third-order valence-corrected chi connectivity index (χ3v) is 4.33. The summed E-state index contributed by atoms with van der Waals surface area (Å²) in [4.78, 5) is 23.4. The van der Waals surface area contributed by atoms with Gasteiger partial charge < -0.3 is 20.1 Å². The van der Waals surface area contributed by atoms with Gasteiger partial charge in [0, 0.05) is 17.8 Å². The van der Waals surface area contributed by atoms with Crippen LogP contribution in [-0.4, -0.2) is 31.3 Å². The normalized spacial score (nSPS) is 18.3. The minimum absolute atomic E-state index is 0.0968. The summed E-state index contributed by atoms with van der Waals surface area (Å²) < 4.78 is 9.94. The first kappa shape index (κ1) is 17.8. The van der Waals surface area contributed by atoms with Crippen LogP contribution in [0.4, 0.5) is 10.5 Å². The molecule has 0 aromatic heterocycles. The number of alkyl carbamates (subject to hydrolysis) is 1. The van der Waals surface area contributed by atoms with E-state index < -0.39 is 6.09 Å². The highest BCUT2D eigenvalue weighted by Crippen LogP contribution is 2.25. The first-order valence-corrected chi connectivity index (χ1v) is 8.56. The van der Waals surface area contributed by atoms with Crippen LogP contribution in [0.2, 0.25) is 0 Å². The van der Waals surface area contributed by atoms with Gasteiger partial charge in [0.2, 0.25) is 0 Å². The first-order chi connectivity index (χ1) is 12.6. The number of hydrogen-bond donors (Lipinski definition) is 2. The number of rotatable bonds is 6. The Bertz CT molecular complexity index is 757. The molecule has 0 aliphatic heterocycles. The van der Waals surface area contributed by atoms with Gasteiger partial charge in [0.25, 0.3) is 0 Å². The van der Waals surface area contributed by atoms with E-state index in [4.69, 9.17) is 9.47 Å². The number of carbonyl (C=O) groups is 2. The van der Waals surface area contributed by atoms with Crippen LogP contribution in [0.25, 0.3) is 0 Å². The molecule has 0 atom stereocenters. The van der Waals surface area contributed by atoms with Crippen LogP contribution in [0.5, 0.6) is 0 Å². The summed E-state index contributed by atoms with van der Waals surface area (Å²) in [6.45, 7) is 0.265. The average molecular weight is 354 g/mol. The molecule has 1 amide bonds. The second-order valence-electron chi connectivity index (χ2n) is 6.29. The van der Waals surface area contributed by atoms with Gasteiger partial charge in [-0.1, -0.05) is 36.4 Å². The Morgan fingerprint density at radius 2 is 1.81 bits per heavy atom. The fourth-order valence-corrected chi connectivity index (χ4v) is 2.87. The van der Waals surface area contributed by atoms with Crippen LogP contribution in [0.15, 0.2) is 54.6 Å². The largest absolute Gasteiger partial charge is 0.465 e. The molecule has 0 heterocycles. The first-order valence-electron chi connectivity index (χ1n) is 8.56. The molecule has 0 bridgehead atoms. The van der Waals surface area contributed by atoms with Gasteiger partial charge in [-0.15, -0.1) is 0 Å². The molecule has 0 radical (unpaired) electrons. The third kappa shape index (κ3) is 4.75. The molecule has 0 spiro atoms. The minimum atomic E-state index is -0.398. The summed E-state index contributed by atoms with van der Waals surface area (Å²) >= 11 is 0. The monoisotopic (exact) mass is 354 g/mol. The smallest absolute Gasteiger partial charge is 0.407 e. The van der Waals surface area contributed by atoms with Crippen molar-refractivity contribution in [3.05, 3.63) is 65.7 Å². The Hall–Kier alpha value is -3.02. The molecule has 2 aromatic carbocycles. The van der Waals surface area contributed by atoms with E-state index in [1.54, 1.807) is 12.1 Å². The number of hydrogen-bond acceptors (Lipinski definition) is 5. The molecular weight excluding hydrogens is 332 g/mol. The fourth-order valence-electron chi connectivity index (χ4n) is 2.87. The van der Waals surface area contributed by atoms with Gasteiger partial charge in [0.05, 0.1) is 12.7 Å². The minimum Gasteiger partial charge on any atom is -0.465 e. The molecule has 1 saturated carbocycles. The van der Waals surface area contributed by atoms with Crippen molar-refractivity contribution in [2.45, 2.75) is 31.5 Å². The lowest BCUT2D eigenvalue weighted by Gasteiger charge is -2.36. The Morgan fingerprint density at radius 1 is 1.04 bits per heavy atom. The summed E-state index contributed by atoms with van der Waals surface area (Å²) in [6.07, 6.45) is 1.22. The van der Waals surface area contributed by atoms with Crippen LogP contribution in [0.3, 0.4) is 0 Å². The standard InChI is InChI=1S/C20H22N2O4/c1-25-19(23)15-8-5-9-16(10-15)21-17-11-18(12-17)22-20(24)26-13-14-6-3-2-4-7-14/h2-10,17-18,21H,11-13H2,1H3,(H,22,24). The molecule has 0 unspecified atom stereocenters. The Morgan fingerprint density at radius 3 is 2.54 bits per heavy atom. The van der Waals surface area contributed by atoms with Crippen LogP contribution in [-0.2, 0) is 16.1 Å². The van der Waals surface area contributed by atoms with E-state index in [-0.39, 0.29) is 24.7 Å². The maximum atomic E-state index is 11.8. The molecule has 6 nitrogen and oxygen atoms in total. The van der Waals surface area contributed by atoms with Gasteiger partial charge >= 0.3 is 12.1 Å². The summed E-state index contributed by atoms with van der Waals surface area (Å²) in [5, 5.41) is 6.22. The van der Waals surface area contributed by atoms with Gasteiger partial charge in [0.1, 0.15) is 6.61 Å². The number of amides is 1. The topological polar surface area (TPSA) is 76.7 Å². The highest BCUT2D eigenvalue weighted by molar-refractivity contribution is 5.90. The quantitative estimate of drug-likeness (QED) is 0.778. The van der Waals surface area contributed by atoms with Crippen molar-refractivity contribution in [2.75, 3.05) is 12.4 Å². The maximum absolute atomic E-state index is 11.8. The van der Waals surface area contributed by atoms with Gasteiger partial charge in [-0.25, -0.2) is 9.59 Å². The van der Waals surface area contributed by atoms with E-state index >= 15 is 0 Å². The number of methoxy groups -OCH3 is 1. The third-order valence-electron chi connectivity index (χ3n) is 4.33. The van der Waals surface area contributed by atoms with Crippen LogP contribution >= 0.6 is 0 Å². The Kier molecular flexibility index (Phi) is 5.73. The molecule has 1 fully saturated rings. The van der Waals surface area contributed by atoms with Crippen LogP contribution in [0.1, 0.15) is 28.8 Å². The zero-order chi connectivity index (χ0) is 18.4. The second-order valence-corrected chi connectivity index (χ2v) is 6.29. The molecule has 6 heteroatoms. The Balaban J connectivity index is 1.39. The number of ether oxygens (including phenoxy) is 2. The van der Waals surface area contributed by atoms with Crippen LogP contribution < -0.4 is 10.6 Å². The lowest BCUT2D eigenvalue weighted by Crippen LogP contribution is -2.49. The molecule has 3 rings (SSSR count). The lowest BCUT2D eigenvalue weighted by molar-refractivity contribution is 0.0600. The molecule has 136 valence electrons. The van der Waals surface area contributed by atoms with Gasteiger partial charge in [0.15, 0.2) is 0 Å². The van der Waals surface area contributed by atoms with Gasteiger partial charge in [-0.2, -0.15) is 0 Å². The maximum Gasteiger partial charge on any atom is 0.407 e.